The van der Waals surface area contributed by atoms with Crippen LogP contribution in [-0.2, 0) is 4.79 Å². The molecule has 4 nitrogen and oxygen atoms in total. The summed E-state index contributed by atoms with van der Waals surface area (Å²) in [6.45, 7) is 0. The van der Waals surface area contributed by atoms with Crippen molar-refractivity contribution in [1.29, 1.82) is 0 Å². The van der Waals surface area contributed by atoms with Crippen molar-refractivity contribution >= 4 is 11.7 Å². The molecule has 1 unspecified atom stereocenters. The van der Waals surface area contributed by atoms with Crippen LogP contribution in [0.2, 0.25) is 0 Å². The minimum absolute atomic E-state index is 0.0650. The van der Waals surface area contributed by atoms with Crippen LogP contribution in [0.3, 0.4) is 0 Å². The first-order chi connectivity index (χ1) is 6.61. The van der Waals surface area contributed by atoms with Gasteiger partial charge in [0, 0.05) is 18.2 Å². The third-order valence-corrected chi connectivity index (χ3v) is 2.06. The molecular weight excluding hydrogens is 180 g/mol. The van der Waals surface area contributed by atoms with E-state index in [0.29, 0.717) is 12.1 Å². The number of carboxylic acid groups (broad SMARTS) is 1. The summed E-state index contributed by atoms with van der Waals surface area (Å²) in [7, 11) is 0. The number of carbonyl (C=O) groups is 1. The molecule has 4 heteroatoms. The Hall–Kier alpha value is -1.55. The van der Waals surface area contributed by atoms with Crippen molar-refractivity contribution in [3.05, 3.63) is 29.8 Å². The maximum absolute atomic E-state index is 10.3. The van der Waals surface area contributed by atoms with Gasteiger partial charge in [0.15, 0.2) is 0 Å². The monoisotopic (exact) mass is 194 g/mol. The zero-order valence-electron chi connectivity index (χ0n) is 7.81. The second kappa shape index (κ2) is 4.62. The molecule has 1 aromatic rings. The molecule has 5 N–H and O–H groups in total. The van der Waals surface area contributed by atoms with Crippen molar-refractivity contribution < 1.29 is 9.90 Å². The fraction of sp³-hybridized carbons (Fsp3) is 0.300. The maximum Gasteiger partial charge on any atom is 0.303 e. The molecule has 0 bridgehead atoms. The summed E-state index contributed by atoms with van der Waals surface area (Å²) in [5, 5.41) is 8.49. The normalized spacial score (nSPS) is 12.4. The standard InChI is InChI=1S/C10H14N2O2/c11-8-4-2-1-3-7(8)9(12)5-6-10(13)14/h1-4,9H,5-6,11-12H2,(H,13,14). The van der Waals surface area contributed by atoms with E-state index in [2.05, 4.69) is 0 Å². The molecule has 0 aliphatic carbocycles. The van der Waals surface area contributed by atoms with Crippen LogP contribution in [0.4, 0.5) is 5.69 Å². The maximum atomic E-state index is 10.3. The number of anilines is 1. The van der Waals surface area contributed by atoms with Gasteiger partial charge in [-0.05, 0) is 18.1 Å². The lowest BCUT2D eigenvalue weighted by atomic mass is 10.0. The van der Waals surface area contributed by atoms with Gasteiger partial charge in [0.25, 0.3) is 0 Å². The highest BCUT2D eigenvalue weighted by Gasteiger charge is 2.10. The van der Waals surface area contributed by atoms with Gasteiger partial charge in [-0.15, -0.1) is 0 Å². The number of nitrogen functional groups attached to an aromatic ring is 1. The number of nitrogens with two attached hydrogens (primary N) is 2. The Balaban J connectivity index is 2.65. The van der Waals surface area contributed by atoms with Crippen LogP contribution < -0.4 is 11.5 Å². The number of para-hydroxylation sites is 1. The number of carboxylic acids is 1. The van der Waals surface area contributed by atoms with E-state index in [1.54, 1.807) is 6.07 Å². The molecular formula is C10H14N2O2. The second-order valence-corrected chi connectivity index (χ2v) is 3.17. The van der Waals surface area contributed by atoms with E-state index >= 15 is 0 Å². The van der Waals surface area contributed by atoms with Gasteiger partial charge < -0.3 is 16.6 Å². The Labute approximate surface area is 82.5 Å². The highest BCUT2D eigenvalue weighted by molar-refractivity contribution is 5.66. The summed E-state index contributed by atoms with van der Waals surface area (Å²) >= 11 is 0. The molecule has 14 heavy (non-hydrogen) atoms. The van der Waals surface area contributed by atoms with E-state index in [1.165, 1.54) is 0 Å². The molecule has 0 aliphatic rings. The van der Waals surface area contributed by atoms with Crippen LogP contribution in [0.1, 0.15) is 24.4 Å². The van der Waals surface area contributed by atoms with E-state index in [9.17, 15) is 4.79 Å². The Morgan fingerprint density at radius 2 is 2.07 bits per heavy atom. The molecule has 0 radical (unpaired) electrons. The van der Waals surface area contributed by atoms with Gasteiger partial charge in [0.1, 0.15) is 0 Å². The molecule has 0 spiro atoms. The Morgan fingerprint density at radius 3 is 2.64 bits per heavy atom. The molecule has 1 atom stereocenters. The van der Waals surface area contributed by atoms with E-state index in [1.807, 2.05) is 18.2 Å². The Kier molecular flexibility index (Phi) is 3.48. The Bertz CT molecular complexity index is 326. The molecule has 0 aliphatic heterocycles. The minimum Gasteiger partial charge on any atom is -0.481 e. The van der Waals surface area contributed by atoms with Gasteiger partial charge in [0.2, 0.25) is 0 Å². The van der Waals surface area contributed by atoms with Crippen molar-refractivity contribution in [1.82, 2.24) is 0 Å². The van der Waals surface area contributed by atoms with Crippen LogP contribution in [0.15, 0.2) is 24.3 Å². The predicted molar refractivity (Wildman–Crippen MR) is 54.7 cm³/mol. The predicted octanol–water partition coefficient (Wildman–Crippen LogP) is 1.13. The average Bonchev–Trinajstić information content (AvgIpc) is 2.15. The van der Waals surface area contributed by atoms with Crippen molar-refractivity contribution in [2.75, 3.05) is 5.73 Å². The molecule has 0 heterocycles. The fourth-order valence-electron chi connectivity index (χ4n) is 1.28. The van der Waals surface area contributed by atoms with Crippen LogP contribution in [-0.4, -0.2) is 11.1 Å². The SMILES string of the molecule is Nc1ccccc1C(N)CCC(=O)O. The number of hydrogen-bond acceptors (Lipinski definition) is 3. The number of hydrogen-bond donors (Lipinski definition) is 3. The van der Waals surface area contributed by atoms with Gasteiger partial charge in [-0.1, -0.05) is 18.2 Å². The molecule has 1 aromatic carbocycles. The third kappa shape index (κ3) is 2.74. The van der Waals surface area contributed by atoms with Crippen molar-refractivity contribution in [3.63, 3.8) is 0 Å². The number of rotatable bonds is 4. The highest BCUT2D eigenvalue weighted by Crippen LogP contribution is 2.21. The van der Waals surface area contributed by atoms with E-state index in [-0.39, 0.29) is 12.5 Å². The smallest absolute Gasteiger partial charge is 0.303 e. The first kappa shape index (κ1) is 10.5. The number of benzene rings is 1. The van der Waals surface area contributed by atoms with Crippen LogP contribution >= 0.6 is 0 Å². The van der Waals surface area contributed by atoms with Crippen molar-refractivity contribution in [2.45, 2.75) is 18.9 Å². The third-order valence-electron chi connectivity index (χ3n) is 2.06. The zero-order chi connectivity index (χ0) is 10.6. The van der Waals surface area contributed by atoms with Crippen molar-refractivity contribution in [3.8, 4) is 0 Å². The summed E-state index contributed by atoms with van der Waals surface area (Å²) in [6, 6.07) is 6.94. The Morgan fingerprint density at radius 1 is 1.43 bits per heavy atom. The summed E-state index contributed by atoms with van der Waals surface area (Å²) in [5.74, 6) is -0.838. The molecule has 1 rings (SSSR count). The minimum atomic E-state index is -0.838. The van der Waals surface area contributed by atoms with Gasteiger partial charge in [-0.3, -0.25) is 4.79 Å². The summed E-state index contributed by atoms with van der Waals surface area (Å²) < 4.78 is 0. The lowest BCUT2D eigenvalue weighted by Crippen LogP contribution is -2.13. The first-order valence-electron chi connectivity index (χ1n) is 4.43. The lowest BCUT2D eigenvalue weighted by Gasteiger charge is -2.12. The first-order valence-corrected chi connectivity index (χ1v) is 4.43. The second-order valence-electron chi connectivity index (χ2n) is 3.17. The lowest BCUT2D eigenvalue weighted by molar-refractivity contribution is -0.137. The molecule has 0 amide bonds. The van der Waals surface area contributed by atoms with Crippen LogP contribution in [0.25, 0.3) is 0 Å². The van der Waals surface area contributed by atoms with Crippen LogP contribution in [0.5, 0.6) is 0 Å². The largest absolute Gasteiger partial charge is 0.481 e. The van der Waals surface area contributed by atoms with E-state index < -0.39 is 5.97 Å². The van der Waals surface area contributed by atoms with E-state index in [4.69, 9.17) is 16.6 Å². The number of aliphatic carboxylic acids is 1. The van der Waals surface area contributed by atoms with Gasteiger partial charge in [-0.25, -0.2) is 0 Å². The van der Waals surface area contributed by atoms with Crippen LogP contribution in [0, 0.1) is 0 Å². The summed E-state index contributed by atoms with van der Waals surface area (Å²) in [5.41, 5.74) is 12.9. The van der Waals surface area contributed by atoms with Gasteiger partial charge >= 0.3 is 5.97 Å². The summed E-state index contributed by atoms with van der Waals surface area (Å²) in [6.07, 6.45) is 0.471. The molecule has 0 aromatic heterocycles. The van der Waals surface area contributed by atoms with Crippen molar-refractivity contribution in [2.24, 2.45) is 5.73 Å². The summed E-state index contributed by atoms with van der Waals surface area (Å²) in [4.78, 5) is 10.3. The zero-order valence-corrected chi connectivity index (χ0v) is 7.81. The topological polar surface area (TPSA) is 89.3 Å². The molecule has 0 saturated carbocycles. The quantitative estimate of drug-likeness (QED) is 0.627. The van der Waals surface area contributed by atoms with Gasteiger partial charge in [0.05, 0.1) is 0 Å². The highest BCUT2D eigenvalue weighted by atomic mass is 16.4. The molecule has 0 fully saturated rings. The fourth-order valence-corrected chi connectivity index (χ4v) is 1.28. The average molecular weight is 194 g/mol. The molecule has 76 valence electrons. The molecule has 0 saturated heterocycles. The van der Waals surface area contributed by atoms with Gasteiger partial charge in [-0.2, -0.15) is 0 Å². The van der Waals surface area contributed by atoms with E-state index in [0.717, 1.165) is 5.56 Å².